The number of rotatable bonds is 16. The molecule has 0 bridgehead atoms. The molecule has 2 aromatic rings. The van der Waals surface area contributed by atoms with Gasteiger partial charge in [0.2, 0.25) is 18.2 Å². The molecule has 0 unspecified atom stereocenters. The molecule has 38 heavy (non-hydrogen) atoms. The summed E-state index contributed by atoms with van der Waals surface area (Å²) in [5.41, 5.74) is 1.73. The first-order valence-electron chi connectivity index (χ1n) is 12.8. The normalized spacial score (nSPS) is 13.2. The Morgan fingerprint density at radius 1 is 0.974 bits per heavy atom. The molecule has 0 heterocycles. The Labute approximate surface area is 229 Å². The number of amides is 3. The van der Waals surface area contributed by atoms with Crippen LogP contribution in [0.15, 0.2) is 60.7 Å². The molecule has 0 aliphatic carbocycles. The van der Waals surface area contributed by atoms with Gasteiger partial charge in [-0.2, -0.15) is 11.8 Å². The zero-order valence-electron chi connectivity index (χ0n) is 22.6. The van der Waals surface area contributed by atoms with Crippen LogP contribution in [0.3, 0.4) is 0 Å². The second kappa shape index (κ2) is 16.5. The fourth-order valence-electron chi connectivity index (χ4n) is 4.19. The van der Waals surface area contributed by atoms with Gasteiger partial charge in [0.1, 0.15) is 18.1 Å². The maximum absolute atomic E-state index is 14.2. The Morgan fingerprint density at radius 3 is 2.11 bits per heavy atom. The fraction of sp³-hybridized carbons (Fsp3) is 0.448. The van der Waals surface area contributed by atoms with Gasteiger partial charge in [-0.05, 0) is 41.9 Å². The van der Waals surface area contributed by atoms with Gasteiger partial charge in [-0.1, -0.05) is 74.5 Å². The number of carbonyl (C=O) groups is 4. The molecule has 2 rings (SSSR count). The topological polar surface area (TPSA) is 105 Å². The first-order valence-corrected chi connectivity index (χ1v) is 14.1. The van der Waals surface area contributed by atoms with E-state index in [-0.39, 0.29) is 24.8 Å². The third-order valence-corrected chi connectivity index (χ3v) is 6.76. The molecule has 0 aliphatic heterocycles. The van der Waals surface area contributed by atoms with Gasteiger partial charge in [-0.25, -0.2) is 4.79 Å². The Morgan fingerprint density at radius 2 is 1.58 bits per heavy atom. The molecule has 0 aromatic heterocycles. The van der Waals surface area contributed by atoms with Crippen LogP contribution in [0.2, 0.25) is 0 Å². The quantitative estimate of drug-likeness (QED) is 0.250. The van der Waals surface area contributed by atoms with Gasteiger partial charge in [-0.3, -0.25) is 14.4 Å². The highest BCUT2D eigenvalue weighted by atomic mass is 32.2. The molecule has 206 valence electrons. The lowest BCUT2D eigenvalue weighted by Gasteiger charge is -2.34. The largest absolute Gasteiger partial charge is 0.467 e. The van der Waals surface area contributed by atoms with Gasteiger partial charge in [0.25, 0.3) is 0 Å². The van der Waals surface area contributed by atoms with Crippen LogP contribution >= 0.6 is 11.8 Å². The predicted octanol–water partition coefficient (Wildman–Crippen LogP) is 3.20. The van der Waals surface area contributed by atoms with Gasteiger partial charge in [0, 0.05) is 13.0 Å². The van der Waals surface area contributed by atoms with Crippen molar-refractivity contribution in [3.63, 3.8) is 0 Å². The van der Waals surface area contributed by atoms with Crippen LogP contribution in [-0.2, 0) is 36.9 Å². The minimum absolute atomic E-state index is 0.0807. The molecule has 8 nitrogen and oxygen atoms in total. The van der Waals surface area contributed by atoms with Crippen molar-refractivity contribution < 1.29 is 23.9 Å². The van der Waals surface area contributed by atoms with Crippen LogP contribution in [-0.4, -0.2) is 66.3 Å². The standard InChI is InChI=1S/C29H39N3O5S/c1-21(2)17-25(31-27(34)24(30-20-33)15-16-38-4)28(35)32(19-23-13-9-6-10-14-23)26(29(36)37-3)18-22-11-7-5-8-12-22/h5-14,20-21,24-26H,15-19H2,1-4H3,(H,30,33)(H,31,34)/t24-,25-,26-/m0/s1. The smallest absolute Gasteiger partial charge is 0.328 e. The van der Waals surface area contributed by atoms with E-state index in [1.165, 1.54) is 12.0 Å². The maximum atomic E-state index is 14.2. The summed E-state index contributed by atoms with van der Waals surface area (Å²) in [5, 5.41) is 5.43. The van der Waals surface area contributed by atoms with Crippen molar-refractivity contribution in [1.82, 2.24) is 15.5 Å². The molecule has 0 fully saturated rings. The molecular weight excluding hydrogens is 502 g/mol. The van der Waals surface area contributed by atoms with Crippen LogP contribution in [0, 0.1) is 5.92 Å². The molecule has 9 heteroatoms. The number of hydrogen-bond acceptors (Lipinski definition) is 6. The number of benzene rings is 2. The van der Waals surface area contributed by atoms with Crippen molar-refractivity contribution in [1.29, 1.82) is 0 Å². The lowest BCUT2D eigenvalue weighted by atomic mass is 9.98. The van der Waals surface area contributed by atoms with E-state index in [4.69, 9.17) is 4.74 Å². The summed E-state index contributed by atoms with van der Waals surface area (Å²) < 4.78 is 5.14. The molecule has 0 saturated carbocycles. The molecule has 2 N–H and O–H groups in total. The molecule has 3 amide bonds. The van der Waals surface area contributed by atoms with Gasteiger partial charge in [0.15, 0.2) is 0 Å². The van der Waals surface area contributed by atoms with Crippen molar-refractivity contribution in [3.05, 3.63) is 71.8 Å². The number of nitrogens with one attached hydrogen (secondary N) is 2. The van der Waals surface area contributed by atoms with Gasteiger partial charge in [-0.15, -0.1) is 0 Å². The number of nitrogens with zero attached hydrogens (tertiary/aromatic N) is 1. The minimum Gasteiger partial charge on any atom is -0.467 e. The van der Waals surface area contributed by atoms with E-state index in [2.05, 4.69) is 10.6 Å². The second-order valence-corrected chi connectivity index (χ2v) is 10.5. The number of hydrogen-bond donors (Lipinski definition) is 2. The highest BCUT2D eigenvalue weighted by Gasteiger charge is 2.36. The number of thioether (sulfide) groups is 1. The monoisotopic (exact) mass is 541 g/mol. The summed E-state index contributed by atoms with van der Waals surface area (Å²) in [5.74, 6) is -0.589. The third kappa shape index (κ3) is 9.85. The lowest BCUT2D eigenvalue weighted by Crippen LogP contribution is -2.57. The van der Waals surface area contributed by atoms with E-state index in [9.17, 15) is 19.2 Å². The first-order chi connectivity index (χ1) is 18.3. The zero-order chi connectivity index (χ0) is 27.9. The first kappa shape index (κ1) is 30.9. The minimum atomic E-state index is -0.901. The number of esters is 1. The summed E-state index contributed by atoms with van der Waals surface area (Å²) >= 11 is 1.56. The summed E-state index contributed by atoms with van der Waals surface area (Å²) in [6.07, 6.45) is 3.48. The van der Waals surface area contributed by atoms with Crippen molar-refractivity contribution in [2.75, 3.05) is 19.1 Å². The van der Waals surface area contributed by atoms with Crippen LogP contribution < -0.4 is 10.6 Å². The SMILES string of the molecule is COC(=O)[C@H](Cc1ccccc1)N(Cc1ccccc1)C(=O)[C@H](CC(C)C)NC(=O)[C@H](CCSC)NC=O. The third-order valence-electron chi connectivity index (χ3n) is 6.12. The van der Waals surface area contributed by atoms with E-state index >= 15 is 0 Å². The Balaban J connectivity index is 2.45. The predicted molar refractivity (Wildman–Crippen MR) is 150 cm³/mol. The molecular formula is C29H39N3O5S. The Kier molecular flexibility index (Phi) is 13.4. The van der Waals surface area contributed by atoms with Crippen LogP contribution in [0.1, 0.15) is 37.8 Å². The van der Waals surface area contributed by atoms with Crippen molar-refractivity contribution in [3.8, 4) is 0 Å². The van der Waals surface area contributed by atoms with Gasteiger partial charge in [0.05, 0.1) is 7.11 Å². The number of methoxy groups -OCH3 is 1. The second-order valence-electron chi connectivity index (χ2n) is 9.49. The highest BCUT2D eigenvalue weighted by Crippen LogP contribution is 2.19. The van der Waals surface area contributed by atoms with E-state index in [0.29, 0.717) is 25.0 Å². The van der Waals surface area contributed by atoms with Gasteiger partial charge >= 0.3 is 5.97 Å². The number of ether oxygens (including phenoxy) is 1. The zero-order valence-corrected chi connectivity index (χ0v) is 23.4. The Hall–Kier alpha value is -3.33. The van der Waals surface area contributed by atoms with Crippen molar-refractivity contribution in [2.45, 2.75) is 57.8 Å². The number of carbonyl (C=O) groups excluding carboxylic acids is 4. The van der Waals surface area contributed by atoms with Crippen molar-refractivity contribution in [2.24, 2.45) is 5.92 Å². The van der Waals surface area contributed by atoms with Crippen LogP contribution in [0.4, 0.5) is 0 Å². The van der Waals surface area contributed by atoms with Crippen molar-refractivity contribution >= 4 is 36.0 Å². The summed E-state index contributed by atoms with van der Waals surface area (Å²) in [6, 6.07) is 16.3. The average Bonchev–Trinajstić information content (AvgIpc) is 2.92. The molecule has 0 radical (unpaired) electrons. The van der Waals surface area contributed by atoms with E-state index in [1.807, 2.05) is 80.8 Å². The maximum Gasteiger partial charge on any atom is 0.328 e. The highest BCUT2D eigenvalue weighted by molar-refractivity contribution is 7.98. The molecule has 2 aromatic carbocycles. The Bertz CT molecular complexity index is 1020. The summed E-state index contributed by atoms with van der Waals surface area (Å²) in [7, 11) is 1.31. The molecule has 0 aliphatic rings. The molecule has 0 spiro atoms. The van der Waals surface area contributed by atoms with E-state index in [0.717, 1.165) is 11.1 Å². The van der Waals surface area contributed by atoms with Crippen LogP contribution in [0.25, 0.3) is 0 Å². The van der Waals surface area contributed by atoms with Gasteiger partial charge < -0.3 is 20.3 Å². The van der Waals surface area contributed by atoms with E-state index < -0.39 is 30.0 Å². The van der Waals surface area contributed by atoms with Crippen LogP contribution in [0.5, 0.6) is 0 Å². The summed E-state index contributed by atoms with van der Waals surface area (Å²) in [6.45, 7) is 4.09. The molecule has 3 atom stereocenters. The lowest BCUT2D eigenvalue weighted by molar-refractivity contribution is -0.154. The van der Waals surface area contributed by atoms with E-state index in [1.54, 1.807) is 11.8 Å². The molecule has 0 saturated heterocycles. The average molecular weight is 542 g/mol. The fourth-order valence-corrected chi connectivity index (χ4v) is 4.66. The summed E-state index contributed by atoms with van der Waals surface area (Å²) in [4.78, 5) is 53.1.